The molecule has 1 saturated carbocycles. The molecule has 5 nitrogen and oxygen atoms in total. The second-order valence-corrected chi connectivity index (χ2v) is 5.20. The first-order valence-electron chi connectivity index (χ1n) is 7.17. The summed E-state index contributed by atoms with van der Waals surface area (Å²) in [5.41, 5.74) is -0.662. The van der Waals surface area contributed by atoms with Crippen LogP contribution >= 0.6 is 0 Å². The van der Waals surface area contributed by atoms with Crippen LogP contribution in [-0.2, 0) is 22.0 Å². The number of hydrogen-bond acceptors (Lipinski definition) is 4. The number of esters is 1. The summed E-state index contributed by atoms with van der Waals surface area (Å²) in [4.78, 5) is 17.0. The molecule has 0 aliphatic heterocycles. The topological polar surface area (TPSA) is 57.0 Å². The molecule has 1 aliphatic rings. The minimum atomic E-state index is -0.662. The predicted octanol–water partition coefficient (Wildman–Crippen LogP) is 2.31. The third-order valence-corrected chi connectivity index (χ3v) is 4.02. The van der Waals surface area contributed by atoms with E-state index in [9.17, 15) is 4.79 Å². The molecule has 1 fully saturated rings. The van der Waals surface area contributed by atoms with E-state index in [2.05, 4.69) is 10.1 Å². The fourth-order valence-electron chi connectivity index (χ4n) is 2.55. The van der Waals surface area contributed by atoms with Gasteiger partial charge in [-0.05, 0) is 32.6 Å². The molecule has 1 aromatic rings. The van der Waals surface area contributed by atoms with E-state index in [1.807, 2.05) is 27.8 Å². The normalized spacial score (nSPS) is 15.6. The van der Waals surface area contributed by atoms with Crippen LogP contribution in [0.5, 0.6) is 0 Å². The number of carbonyl (C=O) groups is 1. The van der Waals surface area contributed by atoms with Crippen LogP contribution < -0.4 is 0 Å². The Morgan fingerprint density at radius 2 is 2.00 bits per heavy atom. The summed E-state index contributed by atoms with van der Waals surface area (Å²) in [6, 6.07) is 0. The summed E-state index contributed by atoms with van der Waals surface area (Å²) in [5, 5.41) is 4.47. The first-order valence-corrected chi connectivity index (χ1v) is 7.17. The van der Waals surface area contributed by atoms with Crippen LogP contribution in [0.2, 0.25) is 0 Å². The Balaban J connectivity index is 2.39. The molecule has 0 spiro atoms. The van der Waals surface area contributed by atoms with Gasteiger partial charge in [-0.15, -0.1) is 0 Å². The molecule has 0 aromatic carbocycles. The first kappa shape index (κ1) is 14.0. The van der Waals surface area contributed by atoms with Crippen LogP contribution in [0, 0.1) is 0 Å². The monoisotopic (exact) mass is 265 g/mol. The van der Waals surface area contributed by atoms with Gasteiger partial charge < -0.3 is 4.74 Å². The number of carbonyl (C=O) groups excluding carboxylic acids is 1. The summed E-state index contributed by atoms with van der Waals surface area (Å²) in [6.45, 7) is 6.24. The van der Waals surface area contributed by atoms with E-state index in [1.165, 1.54) is 0 Å². The largest absolute Gasteiger partial charge is 0.465 e. The molecule has 106 valence electrons. The van der Waals surface area contributed by atoms with Crippen molar-refractivity contribution in [2.75, 3.05) is 6.61 Å². The van der Waals surface area contributed by atoms with Gasteiger partial charge in [-0.1, -0.05) is 13.8 Å². The Bertz CT molecular complexity index is 459. The van der Waals surface area contributed by atoms with Gasteiger partial charge in [0.2, 0.25) is 0 Å². The SMILES string of the molecule is CCOC(=O)C(CC)(CC)c1nc(C2CC2)nn1C. The molecule has 0 N–H and O–H groups in total. The lowest BCUT2D eigenvalue weighted by Crippen LogP contribution is -2.39. The molecular weight excluding hydrogens is 242 g/mol. The third kappa shape index (κ3) is 2.38. The van der Waals surface area contributed by atoms with Crippen molar-refractivity contribution in [2.45, 2.75) is 57.8 Å². The van der Waals surface area contributed by atoms with Crippen molar-refractivity contribution in [1.82, 2.24) is 14.8 Å². The van der Waals surface area contributed by atoms with E-state index < -0.39 is 5.41 Å². The van der Waals surface area contributed by atoms with E-state index in [4.69, 9.17) is 4.74 Å². The van der Waals surface area contributed by atoms with Crippen molar-refractivity contribution in [2.24, 2.45) is 7.05 Å². The fraction of sp³-hybridized carbons (Fsp3) is 0.786. The lowest BCUT2D eigenvalue weighted by atomic mass is 9.81. The molecule has 0 bridgehead atoms. The third-order valence-electron chi connectivity index (χ3n) is 4.02. The molecule has 0 amide bonds. The van der Waals surface area contributed by atoms with E-state index in [-0.39, 0.29) is 5.97 Å². The van der Waals surface area contributed by atoms with Gasteiger partial charge in [0, 0.05) is 13.0 Å². The van der Waals surface area contributed by atoms with Crippen LogP contribution in [0.3, 0.4) is 0 Å². The van der Waals surface area contributed by atoms with Crippen molar-refractivity contribution in [3.05, 3.63) is 11.6 Å². The summed E-state index contributed by atoms with van der Waals surface area (Å²) in [7, 11) is 1.87. The maximum atomic E-state index is 12.4. The van der Waals surface area contributed by atoms with E-state index in [1.54, 1.807) is 4.68 Å². The molecule has 5 heteroatoms. The van der Waals surface area contributed by atoms with Crippen molar-refractivity contribution < 1.29 is 9.53 Å². The smallest absolute Gasteiger partial charge is 0.319 e. The Hall–Kier alpha value is -1.39. The molecule has 19 heavy (non-hydrogen) atoms. The average Bonchev–Trinajstić information content (AvgIpc) is 3.17. The zero-order valence-corrected chi connectivity index (χ0v) is 12.3. The zero-order chi connectivity index (χ0) is 14.0. The Kier molecular flexibility index (Phi) is 3.92. The lowest BCUT2D eigenvalue weighted by molar-refractivity contribution is -0.151. The number of nitrogens with zero attached hydrogens (tertiary/aromatic N) is 3. The highest BCUT2D eigenvalue weighted by atomic mass is 16.5. The van der Waals surface area contributed by atoms with E-state index in [0.29, 0.717) is 25.4 Å². The minimum absolute atomic E-state index is 0.183. The van der Waals surface area contributed by atoms with Gasteiger partial charge >= 0.3 is 5.97 Å². The molecule has 0 atom stereocenters. The van der Waals surface area contributed by atoms with Crippen molar-refractivity contribution in [3.8, 4) is 0 Å². The fourth-order valence-corrected chi connectivity index (χ4v) is 2.55. The van der Waals surface area contributed by atoms with E-state index in [0.717, 1.165) is 24.5 Å². The minimum Gasteiger partial charge on any atom is -0.465 e. The van der Waals surface area contributed by atoms with Gasteiger partial charge in [0.1, 0.15) is 11.2 Å². The second kappa shape index (κ2) is 5.31. The lowest BCUT2D eigenvalue weighted by Gasteiger charge is -2.27. The highest BCUT2D eigenvalue weighted by Gasteiger charge is 2.43. The highest BCUT2D eigenvalue weighted by Crippen LogP contribution is 2.40. The average molecular weight is 265 g/mol. The molecule has 2 rings (SSSR count). The van der Waals surface area contributed by atoms with Crippen LogP contribution in [-0.4, -0.2) is 27.3 Å². The number of aryl methyl sites for hydroxylation is 1. The van der Waals surface area contributed by atoms with E-state index >= 15 is 0 Å². The maximum Gasteiger partial charge on any atom is 0.319 e. The quantitative estimate of drug-likeness (QED) is 0.741. The summed E-state index contributed by atoms with van der Waals surface area (Å²) in [6.07, 6.45) is 3.68. The van der Waals surface area contributed by atoms with Gasteiger partial charge in [-0.25, -0.2) is 4.98 Å². The molecule has 1 aliphatic carbocycles. The molecule has 0 saturated heterocycles. The maximum absolute atomic E-state index is 12.4. The van der Waals surface area contributed by atoms with Crippen LogP contribution in [0.1, 0.15) is 64.0 Å². The van der Waals surface area contributed by atoms with Crippen LogP contribution in [0.25, 0.3) is 0 Å². The number of hydrogen-bond donors (Lipinski definition) is 0. The van der Waals surface area contributed by atoms with Crippen LogP contribution in [0.4, 0.5) is 0 Å². The Morgan fingerprint density at radius 1 is 1.37 bits per heavy atom. The predicted molar refractivity (Wildman–Crippen MR) is 71.9 cm³/mol. The zero-order valence-electron chi connectivity index (χ0n) is 12.3. The van der Waals surface area contributed by atoms with Gasteiger partial charge in [-0.3, -0.25) is 9.48 Å². The highest BCUT2D eigenvalue weighted by molar-refractivity contribution is 5.82. The standard InChI is InChI=1S/C14H23N3O2/c1-5-14(6-2,13(18)19-7-3)12-15-11(10-8-9-10)16-17(12)4/h10H,5-9H2,1-4H3. The Labute approximate surface area is 114 Å². The van der Waals surface area contributed by atoms with Gasteiger partial charge in [0.15, 0.2) is 5.82 Å². The molecule has 1 heterocycles. The van der Waals surface area contributed by atoms with Crippen molar-refractivity contribution in [1.29, 1.82) is 0 Å². The second-order valence-electron chi connectivity index (χ2n) is 5.20. The van der Waals surface area contributed by atoms with Crippen molar-refractivity contribution in [3.63, 3.8) is 0 Å². The van der Waals surface area contributed by atoms with Crippen molar-refractivity contribution >= 4 is 5.97 Å². The number of rotatable bonds is 6. The summed E-state index contributed by atoms with van der Waals surface area (Å²) < 4.78 is 7.03. The van der Waals surface area contributed by atoms with Gasteiger partial charge in [0.05, 0.1) is 6.61 Å². The van der Waals surface area contributed by atoms with Crippen LogP contribution in [0.15, 0.2) is 0 Å². The molecule has 0 radical (unpaired) electrons. The summed E-state index contributed by atoms with van der Waals surface area (Å²) in [5.74, 6) is 1.94. The number of ether oxygens (including phenoxy) is 1. The summed E-state index contributed by atoms with van der Waals surface area (Å²) >= 11 is 0. The molecular formula is C14H23N3O2. The first-order chi connectivity index (χ1) is 9.08. The number of aromatic nitrogens is 3. The molecule has 1 aromatic heterocycles. The van der Waals surface area contributed by atoms with Gasteiger partial charge in [0.25, 0.3) is 0 Å². The Morgan fingerprint density at radius 3 is 2.47 bits per heavy atom. The van der Waals surface area contributed by atoms with Gasteiger partial charge in [-0.2, -0.15) is 5.10 Å². The molecule has 0 unspecified atom stereocenters.